The van der Waals surface area contributed by atoms with Crippen molar-refractivity contribution in [3.8, 4) is 0 Å². The Morgan fingerprint density at radius 3 is 2.68 bits per heavy atom. The fourth-order valence-corrected chi connectivity index (χ4v) is 1.61. The number of rotatable bonds is 4. The third-order valence-corrected chi connectivity index (χ3v) is 2.49. The molecule has 1 rings (SSSR count). The lowest BCUT2D eigenvalue weighted by Gasteiger charge is -2.01. The first-order chi connectivity index (χ1) is 9.01. The average molecular weight is 267 g/mol. The van der Waals surface area contributed by atoms with Gasteiger partial charge >= 0.3 is 12.1 Å². The molecule has 0 radical (unpaired) electrons. The second kappa shape index (κ2) is 6.58. The number of amides is 1. The summed E-state index contributed by atoms with van der Waals surface area (Å²) in [5.74, 6) is -0.380. The van der Waals surface area contributed by atoms with E-state index in [0.29, 0.717) is 29.1 Å². The maximum atomic E-state index is 11.8. The van der Waals surface area contributed by atoms with Gasteiger partial charge in [0.05, 0.1) is 31.2 Å². The van der Waals surface area contributed by atoms with E-state index in [2.05, 4.69) is 20.2 Å². The lowest BCUT2D eigenvalue weighted by atomic mass is 10.1. The molecule has 0 saturated carbocycles. The SMILES string of the molecule is CCOC(=O)c1c(C)[nH]c(/C=N/NC(=O)OC)c1C. The second-order valence-electron chi connectivity index (χ2n) is 3.75. The van der Waals surface area contributed by atoms with Crippen LogP contribution in [0.1, 0.15) is 34.2 Å². The Balaban J connectivity index is 2.90. The molecule has 0 bridgehead atoms. The summed E-state index contributed by atoms with van der Waals surface area (Å²) in [7, 11) is 1.24. The van der Waals surface area contributed by atoms with Crippen LogP contribution in [0.5, 0.6) is 0 Å². The summed E-state index contributed by atoms with van der Waals surface area (Å²) in [5.41, 5.74) is 4.68. The van der Waals surface area contributed by atoms with E-state index in [4.69, 9.17) is 4.74 Å². The molecular weight excluding hydrogens is 250 g/mol. The minimum absolute atomic E-state index is 0.316. The number of H-pyrrole nitrogens is 1. The van der Waals surface area contributed by atoms with Crippen LogP contribution in [0.15, 0.2) is 5.10 Å². The number of hydrazone groups is 1. The Kier molecular flexibility index (Phi) is 5.11. The fraction of sp³-hybridized carbons (Fsp3) is 0.417. The molecule has 0 aromatic carbocycles. The zero-order chi connectivity index (χ0) is 14.4. The zero-order valence-electron chi connectivity index (χ0n) is 11.4. The Bertz CT molecular complexity index is 505. The summed E-state index contributed by atoms with van der Waals surface area (Å²) >= 11 is 0. The van der Waals surface area contributed by atoms with Crippen LogP contribution in [0.25, 0.3) is 0 Å². The van der Waals surface area contributed by atoms with Crippen molar-refractivity contribution in [2.45, 2.75) is 20.8 Å². The van der Waals surface area contributed by atoms with E-state index in [1.807, 2.05) is 0 Å². The van der Waals surface area contributed by atoms with Gasteiger partial charge in [0.15, 0.2) is 0 Å². The van der Waals surface area contributed by atoms with Crippen molar-refractivity contribution < 1.29 is 19.1 Å². The number of aryl methyl sites for hydroxylation is 1. The number of carbonyl (C=O) groups is 2. The van der Waals surface area contributed by atoms with Crippen LogP contribution in [0.3, 0.4) is 0 Å². The predicted molar refractivity (Wildman–Crippen MR) is 69.4 cm³/mol. The zero-order valence-corrected chi connectivity index (χ0v) is 11.4. The Labute approximate surface area is 111 Å². The van der Waals surface area contributed by atoms with Crippen molar-refractivity contribution in [1.29, 1.82) is 0 Å². The van der Waals surface area contributed by atoms with Gasteiger partial charge in [-0.05, 0) is 26.3 Å². The molecule has 7 heteroatoms. The summed E-state index contributed by atoms with van der Waals surface area (Å²) in [6.45, 7) is 5.60. The number of hydrogen-bond acceptors (Lipinski definition) is 5. The number of nitrogens with zero attached hydrogens (tertiary/aromatic N) is 1. The van der Waals surface area contributed by atoms with Crippen LogP contribution in [-0.2, 0) is 9.47 Å². The maximum Gasteiger partial charge on any atom is 0.427 e. The first kappa shape index (κ1) is 14.7. The van der Waals surface area contributed by atoms with Crippen LogP contribution in [-0.4, -0.2) is 37.0 Å². The highest BCUT2D eigenvalue weighted by Gasteiger charge is 2.18. The standard InChI is InChI=1S/C12H17N3O4/c1-5-19-11(16)10-7(2)9(14-8(10)3)6-13-15-12(17)18-4/h6,14H,5H2,1-4H3,(H,15,17)/b13-6+. The monoisotopic (exact) mass is 267 g/mol. The number of carbonyl (C=O) groups excluding carboxylic acids is 2. The van der Waals surface area contributed by atoms with Gasteiger partial charge in [0.1, 0.15) is 0 Å². The molecule has 0 fully saturated rings. The van der Waals surface area contributed by atoms with Crippen LogP contribution >= 0.6 is 0 Å². The molecule has 19 heavy (non-hydrogen) atoms. The smallest absolute Gasteiger partial charge is 0.427 e. The van der Waals surface area contributed by atoms with Gasteiger partial charge in [-0.3, -0.25) is 0 Å². The van der Waals surface area contributed by atoms with Crippen LogP contribution in [0.4, 0.5) is 4.79 Å². The summed E-state index contributed by atoms with van der Waals surface area (Å²) in [4.78, 5) is 25.6. The van der Waals surface area contributed by atoms with Crippen molar-refractivity contribution in [1.82, 2.24) is 10.4 Å². The third kappa shape index (κ3) is 3.57. The van der Waals surface area contributed by atoms with E-state index < -0.39 is 6.09 Å². The van der Waals surface area contributed by atoms with Crippen molar-refractivity contribution >= 4 is 18.3 Å². The van der Waals surface area contributed by atoms with E-state index in [0.717, 1.165) is 0 Å². The molecule has 0 saturated heterocycles. The van der Waals surface area contributed by atoms with Gasteiger partial charge in [0, 0.05) is 5.69 Å². The van der Waals surface area contributed by atoms with Gasteiger partial charge in [0.2, 0.25) is 0 Å². The Hall–Kier alpha value is -2.31. The van der Waals surface area contributed by atoms with Crippen LogP contribution in [0.2, 0.25) is 0 Å². The summed E-state index contributed by atoms with van der Waals surface area (Å²) < 4.78 is 9.34. The molecule has 0 spiro atoms. The number of nitrogens with one attached hydrogen (secondary N) is 2. The van der Waals surface area contributed by atoms with Crippen molar-refractivity contribution in [2.24, 2.45) is 5.10 Å². The number of hydrogen-bond donors (Lipinski definition) is 2. The lowest BCUT2D eigenvalue weighted by Crippen LogP contribution is -2.16. The topological polar surface area (TPSA) is 92.8 Å². The van der Waals surface area contributed by atoms with Gasteiger partial charge in [-0.25, -0.2) is 15.0 Å². The van der Waals surface area contributed by atoms with Crippen LogP contribution < -0.4 is 5.43 Å². The molecular formula is C12H17N3O4. The molecule has 7 nitrogen and oxygen atoms in total. The molecule has 1 aromatic heterocycles. The van der Waals surface area contributed by atoms with Crippen molar-refractivity contribution in [2.75, 3.05) is 13.7 Å². The number of aromatic nitrogens is 1. The van der Waals surface area contributed by atoms with Gasteiger partial charge in [0.25, 0.3) is 0 Å². The van der Waals surface area contributed by atoms with Crippen molar-refractivity contribution in [3.05, 3.63) is 22.5 Å². The summed E-state index contributed by atoms with van der Waals surface area (Å²) in [6, 6.07) is 0. The van der Waals surface area contributed by atoms with Gasteiger partial charge < -0.3 is 14.5 Å². The minimum atomic E-state index is -0.664. The summed E-state index contributed by atoms with van der Waals surface area (Å²) in [6.07, 6.45) is 0.741. The van der Waals surface area contributed by atoms with Crippen molar-refractivity contribution in [3.63, 3.8) is 0 Å². The molecule has 1 heterocycles. The molecule has 0 aliphatic heterocycles. The summed E-state index contributed by atoms with van der Waals surface area (Å²) in [5, 5.41) is 3.70. The minimum Gasteiger partial charge on any atom is -0.462 e. The van der Waals surface area contributed by atoms with E-state index in [-0.39, 0.29) is 5.97 Å². The van der Waals surface area contributed by atoms with E-state index in [9.17, 15) is 9.59 Å². The quantitative estimate of drug-likeness (QED) is 0.491. The molecule has 0 aliphatic rings. The molecule has 104 valence electrons. The van der Waals surface area contributed by atoms with Crippen LogP contribution in [0, 0.1) is 13.8 Å². The Morgan fingerprint density at radius 1 is 1.42 bits per heavy atom. The number of aromatic amines is 1. The predicted octanol–water partition coefficient (Wildman–Crippen LogP) is 1.50. The average Bonchev–Trinajstić information content (AvgIpc) is 2.64. The lowest BCUT2D eigenvalue weighted by molar-refractivity contribution is 0.0525. The first-order valence-electron chi connectivity index (χ1n) is 5.74. The number of esters is 1. The highest BCUT2D eigenvalue weighted by Crippen LogP contribution is 2.17. The normalized spacial score (nSPS) is 10.5. The van der Waals surface area contributed by atoms with Gasteiger partial charge in [-0.2, -0.15) is 5.10 Å². The second-order valence-corrected chi connectivity index (χ2v) is 3.75. The van der Waals surface area contributed by atoms with E-state index in [1.54, 1.807) is 20.8 Å². The molecule has 1 aromatic rings. The largest absolute Gasteiger partial charge is 0.462 e. The van der Waals surface area contributed by atoms with E-state index in [1.165, 1.54) is 13.3 Å². The fourth-order valence-electron chi connectivity index (χ4n) is 1.61. The van der Waals surface area contributed by atoms with E-state index >= 15 is 0 Å². The molecule has 0 aliphatic carbocycles. The molecule has 1 amide bonds. The highest BCUT2D eigenvalue weighted by atomic mass is 16.5. The number of ether oxygens (including phenoxy) is 2. The van der Waals surface area contributed by atoms with Gasteiger partial charge in [-0.1, -0.05) is 0 Å². The Morgan fingerprint density at radius 2 is 2.11 bits per heavy atom. The first-order valence-corrected chi connectivity index (χ1v) is 5.74. The molecule has 0 atom stereocenters. The third-order valence-electron chi connectivity index (χ3n) is 2.49. The number of methoxy groups -OCH3 is 1. The van der Waals surface area contributed by atoms with Gasteiger partial charge in [-0.15, -0.1) is 0 Å². The maximum absolute atomic E-state index is 11.8. The highest BCUT2D eigenvalue weighted by molar-refractivity contribution is 5.96. The molecule has 0 unspecified atom stereocenters. The molecule has 2 N–H and O–H groups in total.